The van der Waals surface area contributed by atoms with E-state index in [-0.39, 0.29) is 25.0 Å². The van der Waals surface area contributed by atoms with E-state index >= 15 is 0 Å². The van der Waals surface area contributed by atoms with Crippen LogP contribution in [0.5, 0.6) is 0 Å². The van der Waals surface area contributed by atoms with Crippen LogP contribution in [-0.4, -0.2) is 167 Å². The van der Waals surface area contributed by atoms with Crippen LogP contribution in [0.15, 0.2) is 0 Å². The molecule has 4 fully saturated rings. The summed E-state index contributed by atoms with van der Waals surface area (Å²) >= 11 is 0. The largest absolute Gasteiger partial charge is 0.395 e. The average molecular weight is 581 g/mol. The minimum atomic E-state index is -1.49. The molecule has 0 spiro atoms. The molecule has 4 rings (SSSR count). The Morgan fingerprint density at radius 2 is 1.60 bits per heavy atom. The highest BCUT2D eigenvalue weighted by Gasteiger charge is 2.54. The van der Waals surface area contributed by atoms with Gasteiger partial charge in [-0.25, -0.2) is 0 Å². The second-order valence-corrected chi connectivity index (χ2v) is 11.5. The normalized spacial score (nSPS) is 46.9. The molecule has 1 aliphatic carbocycles. The van der Waals surface area contributed by atoms with Gasteiger partial charge in [0.05, 0.1) is 56.3 Å². The lowest BCUT2D eigenvalue weighted by Gasteiger charge is -2.53. The van der Waals surface area contributed by atoms with Gasteiger partial charge in [-0.3, -0.25) is 0 Å². The molecule has 14 atom stereocenters. The predicted octanol–water partition coefficient (Wildman–Crippen LogP) is -7.44. The summed E-state index contributed by atoms with van der Waals surface area (Å²) in [5.41, 5.74) is 18.5. The molecule has 0 aromatic carbocycles. The monoisotopic (exact) mass is 580 g/mol. The van der Waals surface area contributed by atoms with E-state index in [1.54, 1.807) is 0 Å². The lowest BCUT2D eigenvalue weighted by atomic mass is 9.71. The fourth-order valence-electron chi connectivity index (χ4n) is 6.30. The molecule has 16 nitrogen and oxygen atoms in total. The topological polar surface area (TPSA) is 283 Å². The minimum Gasteiger partial charge on any atom is -0.395 e. The van der Waals surface area contributed by atoms with Gasteiger partial charge in [0.1, 0.15) is 24.4 Å². The Hall–Kier alpha value is -0.640. The molecule has 16 heteroatoms. The summed E-state index contributed by atoms with van der Waals surface area (Å²) in [7, 11) is 0. The van der Waals surface area contributed by atoms with Gasteiger partial charge < -0.3 is 83.1 Å². The van der Waals surface area contributed by atoms with Gasteiger partial charge in [0.15, 0.2) is 6.29 Å². The van der Waals surface area contributed by atoms with Crippen molar-refractivity contribution >= 4 is 0 Å². The summed E-state index contributed by atoms with van der Waals surface area (Å²) in [6, 6.07) is -3.50. The van der Waals surface area contributed by atoms with Crippen LogP contribution in [0, 0.1) is 5.92 Å². The number of rotatable bonds is 11. The van der Waals surface area contributed by atoms with E-state index in [1.165, 1.54) is 0 Å². The highest BCUT2D eigenvalue weighted by molar-refractivity contribution is 5.07. The number of ether oxygens (including phenoxy) is 3. The van der Waals surface area contributed by atoms with E-state index < -0.39 is 105 Å². The number of aliphatic hydroxyl groups is 7. The van der Waals surface area contributed by atoms with E-state index in [2.05, 4.69) is 16.0 Å². The van der Waals surface area contributed by atoms with Crippen LogP contribution in [0.1, 0.15) is 12.8 Å². The van der Waals surface area contributed by atoms with Crippen molar-refractivity contribution in [3.8, 4) is 0 Å². The summed E-state index contributed by atoms with van der Waals surface area (Å²) in [4.78, 5) is 0. The van der Waals surface area contributed by atoms with Gasteiger partial charge in [-0.1, -0.05) is 0 Å². The van der Waals surface area contributed by atoms with Crippen LogP contribution in [-0.2, 0) is 14.2 Å². The smallest absolute Gasteiger partial charge is 0.186 e. The Balaban J connectivity index is 1.61. The first kappa shape index (κ1) is 32.3. The third-order valence-electron chi connectivity index (χ3n) is 8.76. The molecule has 40 heavy (non-hydrogen) atoms. The molecule has 3 heterocycles. The van der Waals surface area contributed by atoms with E-state index in [1.807, 2.05) is 0 Å². The van der Waals surface area contributed by atoms with Crippen molar-refractivity contribution in [2.24, 2.45) is 23.1 Å². The number of aliphatic hydroxyl groups excluding tert-OH is 7. The summed E-state index contributed by atoms with van der Waals surface area (Å²) in [5, 5.41) is 82.2. The van der Waals surface area contributed by atoms with Gasteiger partial charge in [-0.15, -0.1) is 0 Å². The molecule has 0 radical (unpaired) electrons. The van der Waals surface area contributed by atoms with Crippen LogP contribution in [0.2, 0.25) is 0 Å². The van der Waals surface area contributed by atoms with Crippen molar-refractivity contribution in [2.45, 2.75) is 104 Å². The number of nitrogens with two attached hydrogens (primary N) is 3. The van der Waals surface area contributed by atoms with Gasteiger partial charge in [-0.05, 0) is 12.8 Å². The first-order valence-electron chi connectivity index (χ1n) is 14.1. The van der Waals surface area contributed by atoms with Gasteiger partial charge in [0.25, 0.3) is 0 Å². The molecule has 3 aliphatic heterocycles. The van der Waals surface area contributed by atoms with Gasteiger partial charge in [-0.2, -0.15) is 0 Å². The van der Waals surface area contributed by atoms with Crippen LogP contribution >= 0.6 is 0 Å². The van der Waals surface area contributed by atoms with E-state index in [4.69, 9.17) is 31.4 Å². The van der Waals surface area contributed by atoms with Crippen molar-refractivity contribution in [1.29, 1.82) is 0 Å². The maximum atomic E-state index is 11.8. The summed E-state index contributed by atoms with van der Waals surface area (Å²) in [6.07, 6.45) is -9.39. The van der Waals surface area contributed by atoms with Crippen LogP contribution in [0.25, 0.3) is 0 Å². The van der Waals surface area contributed by atoms with E-state index in [0.29, 0.717) is 6.42 Å². The Bertz CT molecular complexity index is 782. The summed E-state index contributed by atoms with van der Waals surface area (Å²) < 4.78 is 18.0. The minimum absolute atomic E-state index is 0.0666. The highest BCUT2D eigenvalue weighted by Crippen LogP contribution is 2.37. The average Bonchev–Trinajstić information content (AvgIpc) is 2.91. The molecular formula is C24H48N6O10. The molecule has 16 N–H and O–H groups in total. The van der Waals surface area contributed by atoms with E-state index in [9.17, 15) is 35.7 Å². The van der Waals surface area contributed by atoms with Gasteiger partial charge in [0.2, 0.25) is 0 Å². The first-order valence-corrected chi connectivity index (χ1v) is 14.1. The Kier molecular flexibility index (Phi) is 11.5. The molecule has 4 aliphatic rings. The maximum Gasteiger partial charge on any atom is 0.186 e. The van der Waals surface area contributed by atoms with Crippen LogP contribution in [0.4, 0.5) is 0 Å². The molecular weight excluding hydrogens is 532 g/mol. The number of hydrogen-bond donors (Lipinski definition) is 13. The standard InChI is InChI=1S/C24H48N6O10/c25-3-15-14(34)2-13(29-9-4-28-5-9)22(38-15)17-11(26)1-12(30-10(6-31)7-32)23(20(17)36)40-24-21(37)18(27)19(35)16(8-33)39-24/h9-24,28-37H,1-8,25-27H2. The zero-order valence-corrected chi connectivity index (χ0v) is 22.5. The second kappa shape index (κ2) is 14.2. The molecule has 0 bridgehead atoms. The van der Waals surface area contributed by atoms with Crippen LogP contribution < -0.4 is 33.2 Å². The Labute approximate surface area is 233 Å². The second-order valence-electron chi connectivity index (χ2n) is 11.5. The lowest BCUT2D eigenvalue weighted by molar-refractivity contribution is -0.307. The van der Waals surface area contributed by atoms with E-state index in [0.717, 1.165) is 13.1 Å². The highest BCUT2D eigenvalue weighted by atomic mass is 16.7. The lowest BCUT2D eigenvalue weighted by Crippen LogP contribution is -2.71. The molecule has 0 amide bonds. The van der Waals surface area contributed by atoms with Crippen molar-refractivity contribution in [3.63, 3.8) is 0 Å². The predicted molar refractivity (Wildman–Crippen MR) is 140 cm³/mol. The zero-order chi connectivity index (χ0) is 29.1. The molecule has 1 saturated carbocycles. The van der Waals surface area contributed by atoms with Gasteiger partial charge in [0, 0.05) is 49.7 Å². The molecule has 0 aromatic rings. The van der Waals surface area contributed by atoms with Crippen molar-refractivity contribution in [2.75, 3.05) is 39.5 Å². The zero-order valence-electron chi connectivity index (χ0n) is 22.5. The molecule has 0 aromatic heterocycles. The van der Waals surface area contributed by atoms with Crippen molar-refractivity contribution in [1.82, 2.24) is 16.0 Å². The maximum absolute atomic E-state index is 11.8. The van der Waals surface area contributed by atoms with Gasteiger partial charge >= 0.3 is 0 Å². The van der Waals surface area contributed by atoms with Crippen molar-refractivity contribution < 1.29 is 50.0 Å². The van der Waals surface area contributed by atoms with Crippen molar-refractivity contribution in [3.05, 3.63) is 0 Å². The summed E-state index contributed by atoms with van der Waals surface area (Å²) in [6.45, 7) is 0.179. The fourth-order valence-corrected chi connectivity index (χ4v) is 6.30. The molecule has 3 saturated heterocycles. The third-order valence-corrected chi connectivity index (χ3v) is 8.76. The fraction of sp³-hybridized carbons (Fsp3) is 1.00. The quantitative estimate of drug-likeness (QED) is 0.108. The number of nitrogens with one attached hydrogen (secondary N) is 3. The Morgan fingerprint density at radius 1 is 0.900 bits per heavy atom. The molecule has 234 valence electrons. The first-order chi connectivity index (χ1) is 19.1. The SMILES string of the molecule is NCC1OC(C2C(N)CC(NC(CO)CO)C(OC3OC(CO)C(O)C(N)C3O)C2O)C(NC2CNC2)CC1O. The molecule has 14 unspecified atom stereocenters. The van der Waals surface area contributed by atoms with Crippen LogP contribution in [0.3, 0.4) is 0 Å². The summed E-state index contributed by atoms with van der Waals surface area (Å²) in [5.74, 6) is -0.717. The number of hydrogen-bond acceptors (Lipinski definition) is 16. The Morgan fingerprint density at radius 3 is 2.17 bits per heavy atom. The third kappa shape index (κ3) is 6.78.